The van der Waals surface area contributed by atoms with Gasteiger partial charge in [0.1, 0.15) is 11.6 Å². The van der Waals surface area contributed by atoms with Crippen molar-refractivity contribution in [3.8, 4) is 0 Å². The largest absolute Gasteiger partial charge is 0.396 e. The molecule has 0 atom stereocenters. The average molecular weight is 350 g/mol. The van der Waals surface area contributed by atoms with Crippen LogP contribution in [0.5, 0.6) is 0 Å². The van der Waals surface area contributed by atoms with E-state index < -0.39 is 0 Å². The minimum Gasteiger partial charge on any atom is -0.396 e. The predicted octanol–water partition coefficient (Wildman–Crippen LogP) is 3.69. The molecule has 0 saturated carbocycles. The van der Waals surface area contributed by atoms with Gasteiger partial charge in [-0.25, -0.2) is 9.37 Å². The lowest BCUT2D eigenvalue weighted by Gasteiger charge is -2.32. The van der Waals surface area contributed by atoms with Crippen molar-refractivity contribution in [1.29, 1.82) is 0 Å². The number of aliphatic hydroxyl groups excluding tert-OH is 1. The Balaban J connectivity index is 1.59. The van der Waals surface area contributed by atoms with Crippen LogP contribution in [0.1, 0.15) is 18.4 Å². The van der Waals surface area contributed by atoms with E-state index in [0.29, 0.717) is 28.9 Å². The number of anilines is 2. The highest BCUT2D eigenvalue weighted by molar-refractivity contribution is 6.31. The van der Waals surface area contributed by atoms with Crippen molar-refractivity contribution >= 4 is 23.1 Å². The number of hydrogen-bond acceptors (Lipinski definition) is 4. The van der Waals surface area contributed by atoms with Gasteiger partial charge in [-0.15, -0.1) is 0 Å². The smallest absolute Gasteiger partial charge is 0.129 e. The van der Waals surface area contributed by atoms with E-state index in [1.807, 2.05) is 18.3 Å². The maximum absolute atomic E-state index is 13.8. The maximum Gasteiger partial charge on any atom is 0.129 e. The highest BCUT2D eigenvalue weighted by atomic mass is 35.5. The van der Waals surface area contributed by atoms with Crippen LogP contribution >= 0.6 is 11.6 Å². The third kappa shape index (κ3) is 3.97. The monoisotopic (exact) mass is 349 g/mol. The molecule has 0 aliphatic carbocycles. The van der Waals surface area contributed by atoms with E-state index in [2.05, 4.69) is 15.2 Å². The fourth-order valence-electron chi connectivity index (χ4n) is 2.93. The van der Waals surface area contributed by atoms with Crippen molar-refractivity contribution in [2.24, 2.45) is 5.92 Å². The van der Waals surface area contributed by atoms with Crippen LogP contribution in [0.25, 0.3) is 0 Å². The van der Waals surface area contributed by atoms with Gasteiger partial charge < -0.3 is 15.3 Å². The van der Waals surface area contributed by atoms with E-state index in [1.165, 1.54) is 6.07 Å². The molecule has 6 heteroatoms. The molecule has 0 radical (unpaired) electrons. The van der Waals surface area contributed by atoms with Crippen molar-refractivity contribution < 1.29 is 9.50 Å². The van der Waals surface area contributed by atoms with Gasteiger partial charge in [-0.2, -0.15) is 0 Å². The molecule has 1 aliphatic rings. The number of nitrogens with zero attached hydrogens (tertiary/aromatic N) is 2. The number of aromatic nitrogens is 1. The van der Waals surface area contributed by atoms with Gasteiger partial charge in [0.15, 0.2) is 0 Å². The summed E-state index contributed by atoms with van der Waals surface area (Å²) in [4.78, 5) is 6.67. The number of rotatable bonds is 5. The van der Waals surface area contributed by atoms with Crippen LogP contribution in [-0.4, -0.2) is 29.8 Å². The van der Waals surface area contributed by atoms with E-state index >= 15 is 0 Å². The van der Waals surface area contributed by atoms with E-state index in [1.54, 1.807) is 12.1 Å². The highest BCUT2D eigenvalue weighted by Gasteiger charge is 2.18. The minimum absolute atomic E-state index is 0.271. The molecule has 128 valence electrons. The minimum atomic E-state index is -0.321. The van der Waals surface area contributed by atoms with Crippen molar-refractivity contribution in [2.75, 3.05) is 29.9 Å². The number of nitrogens with one attached hydrogen (secondary N) is 1. The zero-order valence-corrected chi connectivity index (χ0v) is 14.1. The summed E-state index contributed by atoms with van der Waals surface area (Å²) >= 11 is 6.02. The number of pyridine rings is 1. The number of halogens is 2. The molecule has 1 aromatic carbocycles. The number of benzene rings is 1. The van der Waals surface area contributed by atoms with Crippen LogP contribution in [0.3, 0.4) is 0 Å². The van der Waals surface area contributed by atoms with Gasteiger partial charge in [-0.1, -0.05) is 17.7 Å². The normalized spacial score (nSPS) is 15.5. The summed E-state index contributed by atoms with van der Waals surface area (Å²) in [5.41, 5.74) is 1.51. The number of aliphatic hydroxyl groups is 1. The molecule has 1 aliphatic heterocycles. The zero-order chi connectivity index (χ0) is 16.9. The first-order chi connectivity index (χ1) is 11.7. The van der Waals surface area contributed by atoms with Gasteiger partial charge >= 0.3 is 0 Å². The van der Waals surface area contributed by atoms with Crippen molar-refractivity contribution in [2.45, 2.75) is 19.4 Å². The van der Waals surface area contributed by atoms with Gasteiger partial charge in [-0.05, 0) is 43.0 Å². The number of hydrogen-bond donors (Lipinski definition) is 2. The molecule has 0 unspecified atom stereocenters. The first-order valence-electron chi connectivity index (χ1n) is 8.16. The highest BCUT2D eigenvalue weighted by Crippen LogP contribution is 2.24. The van der Waals surface area contributed by atoms with Crippen LogP contribution in [0.4, 0.5) is 15.9 Å². The Kier molecular flexibility index (Phi) is 5.53. The van der Waals surface area contributed by atoms with E-state index in [0.717, 1.165) is 31.6 Å². The summed E-state index contributed by atoms with van der Waals surface area (Å²) in [6.45, 7) is 2.43. The van der Waals surface area contributed by atoms with Crippen LogP contribution in [0.2, 0.25) is 5.02 Å². The number of piperidine rings is 1. The second-order valence-corrected chi connectivity index (χ2v) is 6.48. The SMILES string of the molecule is OCC1CCN(c2ccc(NCc3c(F)cccc3Cl)nc2)CC1. The van der Waals surface area contributed by atoms with E-state index in [9.17, 15) is 9.50 Å². The molecule has 1 fully saturated rings. The Morgan fingerprint density at radius 1 is 1.25 bits per heavy atom. The lowest BCUT2D eigenvalue weighted by molar-refractivity contribution is 0.203. The Hall–Kier alpha value is -1.85. The summed E-state index contributed by atoms with van der Waals surface area (Å²) in [7, 11) is 0. The van der Waals surface area contributed by atoms with Crippen LogP contribution in [-0.2, 0) is 6.54 Å². The van der Waals surface area contributed by atoms with Gasteiger partial charge in [0.25, 0.3) is 0 Å². The van der Waals surface area contributed by atoms with Crippen LogP contribution in [0.15, 0.2) is 36.5 Å². The summed E-state index contributed by atoms with van der Waals surface area (Å²) in [6.07, 6.45) is 3.83. The van der Waals surface area contributed by atoms with Gasteiger partial charge in [-0.3, -0.25) is 0 Å². The lowest BCUT2D eigenvalue weighted by Crippen LogP contribution is -2.34. The standard InChI is InChI=1S/C18H21ClFN3O/c19-16-2-1-3-17(20)15(16)11-22-18-5-4-14(10-21-18)23-8-6-13(12-24)7-9-23/h1-5,10,13,24H,6-9,11-12H2,(H,21,22). The first kappa shape index (κ1) is 17.0. The molecule has 0 amide bonds. The third-order valence-corrected chi connectivity index (χ3v) is 4.85. The summed E-state index contributed by atoms with van der Waals surface area (Å²) < 4.78 is 13.8. The fourth-order valence-corrected chi connectivity index (χ4v) is 3.16. The maximum atomic E-state index is 13.8. The van der Waals surface area contributed by atoms with E-state index in [4.69, 9.17) is 11.6 Å². The molecule has 4 nitrogen and oxygen atoms in total. The molecule has 3 rings (SSSR count). The molecule has 24 heavy (non-hydrogen) atoms. The molecule has 1 aromatic heterocycles. The Morgan fingerprint density at radius 2 is 2.04 bits per heavy atom. The average Bonchev–Trinajstić information content (AvgIpc) is 2.62. The van der Waals surface area contributed by atoms with Gasteiger partial charge in [0.2, 0.25) is 0 Å². The summed E-state index contributed by atoms with van der Waals surface area (Å²) in [5.74, 6) is 0.780. The molecular weight excluding hydrogens is 329 g/mol. The van der Waals surface area contributed by atoms with Crippen LogP contribution < -0.4 is 10.2 Å². The van der Waals surface area contributed by atoms with Crippen molar-refractivity contribution in [1.82, 2.24) is 4.98 Å². The van der Waals surface area contributed by atoms with E-state index in [-0.39, 0.29) is 12.4 Å². The Bertz CT molecular complexity index is 652. The lowest BCUT2D eigenvalue weighted by atomic mass is 9.98. The molecule has 2 N–H and O–H groups in total. The second-order valence-electron chi connectivity index (χ2n) is 6.07. The van der Waals surface area contributed by atoms with Crippen molar-refractivity contribution in [3.63, 3.8) is 0 Å². The molecule has 1 saturated heterocycles. The Labute approximate surface area is 146 Å². The molecule has 0 spiro atoms. The zero-order valence-electron chi connectivity index (χ0n) is 13.4. The predicted molar refractivity (Wildman–Crippen MR) is 95.0 cm³/mol. The van der Waals surface area contributed by atoms with Gasteiger partial charge in [0, 0.05) is 36.8 Å². The topological polar surface area (TPSA) is 48.4 Å². The molecule has 2 aromatic rings. The second kappa shape index (κ2) is 7.81. The summed E-state index contributed by atoms with van der Waals surface area (Å²) in [6, 6.07) is 8.57. The van der Waals surface area contributed by atoms with Crippen molar-refractivity contribution in [3.05, 3.63) is 52.9 Å². The fraction of sp³-hybridized carbons (Fsp3) is 0.389. The summed E-state index contributed by atoms with van der Waals surface area (Å²) in [5, 5.41) is 12.7. The van der Waals surface area contributed by atoms with Gasteiger partial charge in [0.05, 0.1) is 11.9 Å². The molecule has 0 bridgehead atoms. The molecule has 2 heterocycles. The Morgan fingerprint density at radius 3 is 2.67 bits per heavy atom. The van der Waals surface area contributed by atoms with Crippen LogP contribution in [0, 0.1) is 11.7 Å². The quantitative estimate of drug-likeness (QED) is 0.864. The molecular formula is C18H21ClFN3O. The first-order valence-corrected chi connectivity index (χ1v) is 8.54. The third-order valence-electron chi connectivity index (χ3n) is 4.49.